The van der Waals surface area contributed by atoms with E-state index in [4.69, 9.17) is 0 Å². The molecule has 1 aromatic rings. The molecule has 68 valence electrons. The molecule has 3 heteroatoms. The van der Waals surface area contributed by atoms with Crippen LogP contribution in [0.5, 0.6) is 0 Å². The van der Waals surface area contributed by atoms with E-state index in [0.29, 0.717) is 0 Å². The molecular formula is C10H10O2S. The van der Waals surface area contributed by atoms with Crippen LogP contribution >= 0.6 is 0 Å². The second-order valence-electron chi connectivity index (χ2n) is 3.92. The van der Waals surface area contributed by atoms with Gasteiger partial charge in [0, 0.05) is 0 Å². The van der Waals surface area contributed by atoms with Gasteiger partial charge in [-0.05, 0) is 35.1 Å². The highest BCUT2D eigenvalue weighted by atomic mass is 32.2. The minimum Gasteiger partial charge on any atom is -0.228 e. The lowest BCUT2D eigenvalue weighted by molar-refractivity contribution is 0.598. The summed E-state index contributed by atoms with van der Waals surface area (Å²) in [6.45, 7) is 0. The van der Waals surface area contributed by atoms with Gasteiger partial charge < -0.3 is 0 Å². The first-order valence-corrected chi connectivity index (χ1v) is 6.30. The molecule has 1 aromatic carbocycles. The molecule has 13 heavy (non-hydrogen) atoms. The largest absolute Gasteiger partial charge is 0.228 e. The minimum absolute atomic E-state index is 0.260. The molecule has 0 bridgehead atoms. The Labute approximate surface area is 77.5 Å². The first-order chi connectivity index (χ1) is 6.14. The van der Waals surface area contributed by atoms with Crippen LogP contribution in [0.15, 0.2) is 12.1 Å². The van der Waals surface area contributed by atoms with E-state index in [1.165, 1.54) is 11.1 Å². The van der Waals surface area contributed by atoms with Crippen molar-refractivity contribution in [1.82, 2.24) is 0 Å². The molecule has 1 heterocycles. The third-order valence-electron chi connectivity index (χ3n) is 2.94. The fraction of sp³-hybridized carbons (Fsp3) is 0.400. The van der Waals surface area contributed by atoms with E-state index in [1.54, 1.807) is 0 Å². The number of hydrogen-bond donors (Lipinski definition) is 0. The van der Waals surface area contributed by atoms with Gasteiger partial charge in [-0.1, -0.05) is 12.1 Å². The summed E-state index contributed by atoms with van der Waals surface area (Å²) >= 11 is 0. The predicted molar refractivity (Wildman–Crippen MR) is 50.2 cm³/mol. The Morgan fingerprint density at radius 1 is 0.846 bits per heavy atom. The molecular weight excluding hydrogens is 184 g/mol. The van der Waals surface area contributed by atoms with E-state index >= 15 is 0 Å². The minimum atomic E-state index is -2.81. The highest BCUT2D eigenvalue weighted by Gasteiger charge is 2.27. The molecule has 0 atom stereocenters. The van der Waals surface area contributed by atoms with Crippen molar-refractivity contribution in [3.63, 3.8) is 0 Å². The van der Waals surface area contributed by atoms with Crippen molar-refractivity contribution in [2.75, 3.05) is 0 Å². The van der Waals surface area contributed by atoms with Crippen molar-refractivity contribution in [2.45, 2.75) is 24.3 Å². The summed E-state index contributed by atoms with van der Waals surface area (Å²) in [4.78, 5) is 0. The second kappa shape index (κ2) is 2.15. The van der Waals surface area contributed by atoms with E-state index in [2.05, 4.69) is 12.1 Å². The molecule has 0 saturated heterocycles. The fourth-order valence-electron chi connectivity index (χ4n) is 2.14. The number of benzene rings is 1. The van der Waals surface area contributed by atoms with Crippen molar-refractivity contribution in [2.24, 2.45) is 0 Å². The Morgan fingerprint density at radius 3 is 1.69 bits per heavy atom. The smallest absolute Gasteiger partial charge is 0.158 e. The molecule has 0 radical (unpaired) electrons. The van der Waals surface area contributed by atoms with Crippen molar-refractivity contribution in [3.8, 4) is 0 Å². The molecule has 2 nitrogen and oxygen atoms in total. The third kappa shape index (κ3) is 1.03. The molecule has 3 rings (SSSR count). The summed E-state index contributed by atoms with van der Waals surface area (Å²) in [5.41, 5.74) is 4.80. The van der Waals surface area contributed by atoms with E-state index in [9.17, 15) is 8.42 Å². The highest BCUT2D eigenvalue weighted by molar-refractivity contribution is 7.90. The Bertz CT molecular complexity index is 447. The summed E-state index contributed by atoms with van der Waals surface area (Å²) in [6, 6.07) is 4.16. The number of sulfone groups is 1. The van der Waals surface area contributed by atoms with E-state index < -0.39 is 9.84 Å². The number of aryl methyl sites for hydroxylation is 2. The summed E-state index contributed by atoms with van der Waals surface area (Å²) in [7, 11) is -2.81. The van der Waals surface area contributed by atoms with Crippen molar-refractivity contribution >= 4 is 9.84 Å². The number of rotatable bonds is 0. The van der Waals surface area contributed by atoms with Gasteiger partial charge in [0.2, 0.25) is 0 Å². The SMILES string of the molecule is O=S1(=O)Cc2cc3c(cc2C1)CC3. The Kier molecular flexibility index (Phi) is 1.25. The van der Waals surface area contributed by atoms with Crippen LogP contribution in [0.3, 0.4) is 0 Å². The maximum absolute atomic E-state index is 11.3. The van der Waals surface area contributed by atoms with Gasteiger partial charge in [0.1, 0.15) is 0 Å². The van der Waals surface area contributed by atoms with Gasteiger partial charge in [-0.2, -0.15) is 0 Å². The quantitative estimate of drug-likeness (QED) is 0.622. The first kappa shape index (κ1) is 7.56. The van der Waals surface area contributed by atoms with E-state index in [0.717, 1.165) is 24.0 Å². The average Bonchev–Trinajstić information content (AvgIpc) is 2.29. The summed E-state index contributed by atoms with van der Waals surface area (Å²) in [5.74, 6) is 0.519. The molecule has 0 spiro atoms. The molecule has 0 fully saturated rings. The van der Waals surface area contributed by atoms with Crippen molar-refractivity contribution in [1.29, 1.82) is 0 Å². The fourth-order valence-corrected chi connectivity index (χ4v) is 3.73. The van der Waals surface area contributed by atoms with E-state index in [-0.39, 0.29) is 11.5 Å². The standard InChI is InChI=1S/C10H10O2S/c11-13(12)5-9-3-7-1-2-8(7)4-10(9)6-13/h3-4H,1-2,5-6H2. The number of hydrogen-bond acceptors (Lipinski definition) is 2. The lowest BCUT2D eigenvalue weighted by Crippen LogP contribution is -2.09. The topological polar surface area (TPSA) is 34.1 Å². The van der Waals surface area contributed by atoms with Gasteiger partial charge in [-0.25, -0.2) is 8.42 Å². The molecule has 1 aliphatic heterocycles. The molecule has 0 amide bonds. The third-order valence-corrected chi connectivity index (χ3v) is 4.44. The maximum Gasteiger partial charge on any atom is 0.158 e. The van der Waals surface area contributed by atoms with Gasteiger partial charge in [0.25, 0.3) is 0 Å². The molecule has 0 N–H and O–H groups in total. The van der Waals surface area contributed by atoms with Crippen molar-refractivity contribution in [3.05, 3.63) is 34.4 Å². The van der Waals surface area contributed by atoms with Gasteiger partial charge in [0.15, 0.2) is 9.84 Å². The van der Waals surface area contributed by atoms with Gasteiger partial charge >= 0.3 is 0 Å². The molecule has 2 aliphatic rings. The van der Waals surface area contributed by atoms with Gasteiger partial charge in [0.05, 0.1) is 11.5 Å². The van der Waals surface area contributed by atoms with Crippen LogP contribution in [-0.2, 0) is 34.2 Å². The zero-order chi connectivity index (χ0) is 9.05. The van der Waals surface area contributed by atoms with Crippen molar-refractivity contribution < 1.29 is 8.42 Å². The van der Waals surface area contributed by atoms with E-state index in [1.807, 2.05) is 0 Å². The monoisotopic (exact) mass is 194 g/mol. The Hall–Kier alpha value is -0.830. The zero-order valence-corrected chi connectivity index (χ0v) is 8.02. The van der Waals surface area contributed by atoms with Crippen LogP contribution in [-0.4, -0.2) is 8.42 Å². The normalized spacial score (nSPS) is 21.8. The van der Waals surface area contributed by atoms with Crippen LogP contribution in [0.25, 0.3) is 0 Å². The summed E-state index contributed by atoms with van der Waals surface area (Å²) in [5, 5.41) is 0. The highest BCUT2D eigenvalue weighted by Crippen LogP contribution is 2.32. The Balaban J connectivity index is 2.20. The van der Waals surface area contributed by atoms with Crippen LogP contribution in [0.1, 0.15) is 22.3 Å². The lowest BCUT2D eigenvalue weighted by atomic mass is 9.85. The molecule has 1 aliphatic carbocycles. The number of fused-ring (bicyclic) bond motifs is 2. The van der Waals surface area contributed by atoms with Crippen LogP contribution in [0.4, 0.5) is 0 Å². The molecule has 0 saturated carbocycles. The van der Waals surface area contributed by atoms with Crippen LogP contribution < -0.4 is 0 Å². The Morgan fingerprint density at radius 2 is 1.31 bits per heavy atom. The van der Waals surface area contributed by atoms with Gasteiger partial charge in [-0.15, -0.1) is 0 Å². The predicted octanol–water partition coefficient (Wildman–Crippen LogP) is 1.21. The second-order valence-corrected chi connectivity index (χ2v) is 5.99. The van der Waals surface area contributed by atoms with Crippen LogP contribution in [0, 0.1) is 0 Å². The molecule has 0 aromatic heterocycles. The summed E-state index contributed by atoms with van der Waals surface area (Å²) < 4.78 is 22.7. The maximum atomic E-state index is 11.3. The zero-order valence-electron chi connectivity index (χ0n) is 7.21. The van der Waals surface area contributed by atoms with Gasteiger partial charge in [-0.3, -0.25) is 0 Å². The lowest BCUT2D eigenvalue weighted by Gasteiger charge is -2.19. The van der Waals surface area contributed by atoms with Crippen LogP contribution in [0.2, 0.25) is 0 Å². The first-order valence-electron chi connectivity index (χ1n) is 4.48. The molecule has 0 unspecified atom stereocenters. The summed E-state index contributed by atoms with van der Waals surface area (Å²) in [6.07, 6.45) is 2.26. The average molecular weight is 194 g/mol.